The molecule has 0 amide bonds. The van der Waals surface area contributed by atoms with Gasteiger partial charge in [-0.25, -0.2) is 4.98 Å². The number of rotatable bonds is 5. The Labute approximate surface area is 136 Å². The van der Waals surface area contributed by atoms with E-state index in [0.717, 1.165) is 28.5 Å². The van der Waals surface area contributed by atoms with Gasteiger partial charge in [0.25, 0.3) is 0 Å². The maximum absolute atomic E-state index is 4.55. The van der Waals surface area contributed by atoms with Gasteiger partial charge in [0.1, 0.15) is 5.01 Å². The Bertz CT molecular complexity index is 465. The molecular weight excluding hydrogens is 300 g/mol. The zero-order chi connectivity index (χ0) is 15.2. The molecule has 1 aliphatic carbocycles. The van der Waals surface area contributed by atoms with Crippen LogP contribution in [-0.4, -0.2) is 35.0 Å². The molecule has 4 nitrogen and oxygen atoms in total. The molecule has 2 rings (SSSR count). The van der Waals surface area contributed by atoms with E-state index in [1.54, 1.807) is 11.3 Å². The second-order valence-electron chi connectivity index (χ2n) is 5.41. The standard InChI is InChI=1S/C15H26N4S2/c1-5-20-13-7-6-12(8-13)19-15(16-4)17-9-14-18-10(2)11(3)21-14/h12-13H,5-9H2,1-4H3,(H2,16,17,19). The molecule has 0 radical (unpaired) electrons. The number of aromatic nitrogens is 1. The van der Waals surface area contributed by atoms with E-state index in [0.29, 0.717) is 6.04 Å². The van der Waals surface area contributed by atoms with Crippen molar-refractivity contribution in [2.75, 3.05) is 12.8 Å². The van der Waals surface area contributed by atoms with Crippen molar-refractivity contribution < 1.29 is 0 Å². The van der Waals surface area contributed by atoms with Crippen molar-refractivity contribution in [3.05, 3.63) is 15.6 Å². The summed E-state index contributed by atoms with van der Waals surface area (Å²) < 4.78 is 0. The lowest BCUT2D eigenvalue weighted by molar-refractivity contribution is 0.614. The predicted molar refractivity (Wildman–Crippen MR) is 94.5 cm³/mol. The summed E-state index contributed by atoms with van der Waals surface area (Å²) in [5.41, 5.74) is 1.13. The second kappa shape index (κ2) is 8.03. The quantitative estimate of drug-likeness (QED) is 0.645. The van der Waals surface area contributed by atoms with Gasteiger partial charge in [-0.05, 0) is 38.9 Å². The fourth-order valence-corrected chi connectivity index (χ4v) is 4.64. The third kappa shape index (κ3) is 4.88. The van der Waals surface area contributed by atoms with Crippen LogP contribution in [0.15, 0.2) is 4.99 Å². The number of aryl methyl sites for hydroxylation is 2. The number of thiazole rings is 1. The summed E-state index contributed by atoms with van der Waals surface area (Å²) in [6.07, 6.45) is 3.81. The van der Waals surface area contributed by atoms with Gasteiger partial charge in [-0.15, -0.1) is 11.3 Å². The molecule has 1 aromatic rings. The topological polar surface area (TPSA) is 49.3 Å². The molecule has 2 N–H and O–H groups in total. The zero-order valence-corrected chi connectivity index (χ0v) is 15.0. The fraction of sp³-hybridized carbons (Fsp3) is 0.733. The highest BCUT2D eigenvalue weighted by Crippen LogP contribution is 2.29. The minimum Gasteiger partial charge on any atom is -0.354 e. The van der Waals surface area contributed by atoms with Gasteiger partial charge in [-0.1, -0.05) is 6.92 Å². The molecule has 118 valence electrons. The van der Waals surface area contributed by atoms with E-state index in [2.05, 4.69) is 53.1 Å². The molecular formula is C15H26N4S2. The summed E-state index contributed by atoms with van der Waals surface area (Å²) in [6, 6.07) is 0.556. The van der Waals surface area contributed by atoms with E-state index in [9.17, 15) is 0 Å². The van der Waals surface area contributed by atoms with Crippen molar-refractivity contribution in [2.24, 2.45) is 4.99 Å². The largest absolute Gasteiger partial charge is 0.354 e. The Morgan fingerprint density at radius 1 is 1.43 bits per heavy atom. The van der Waals surface area contributed by atoms with Crippen LogP contribution in [0.2, 0.25) is 0 Å². The highest BCUT2D eigenvalue weighted by Gasteiger charge is 2.25. The monoisotopic (exact) mass is 326 g/mol. The van der Waals surface area contributed by atoms with Gasteiger partial charge < -0.3 is 10.6 Å². The highest BCUT2D eigenvalue weighted by molar-refractivity contribution is 7.99. The van der Waals surface area contributed by atoms with Gasteiger partial charge in [0.05, 0.1) is 12.2 Å². The van der Waals surface area contributed by atoms with Crippen molar-refractivity contribution >= 4 is 29.1 Å². The predicted octanol–water partition coefficient (Wildman–Crippen LogP) is 3.10. The minimum absolute atomic E-state index is 0.556. The average Bonchev–Trinajstić information content (AvgIpc) is 3.02. The van der Waals surface area contributed by atoms with E-state index >= 15 is 0 Å². The van der Waals surface area contributed by atoms with E-state index in [1.807, 2.05) is 7.05 Å². The maximum Gasteiger partial charge on any atom is 0.191 e. The first kappa shape index (κ1) is 16.6. The molecule has 1 aromatic heterocycles. The van der Waals surface area contributed by atoms with Crippen molar-refractivity contribution in [1.82, 2.24) is 15.6 Å². The first-order valence-electron chi connectivity index (χ1n) is 7.64. The van der Waals surface area contributed by atoms with Gasteiger partial charge in [0.2, 0.25) is 0 Å². The van der Waals surface area contributed by atoms with Crippen molar-refractivity contribution in [2.45, 2.75) is 57.9 Å². The third-order valence-corrected chi connectivity index (χ3v) is 6.14. The summed E-state index contributed by atoms with van der Waals surface area (Å²) in [4.78, 5) is 10.2. The summed E-state index contributed by atoms with van der Waals surface area (Å²) >= 11 is 3.84. The van der Waals surface area contributed by atoms with Crippen LogP contribution in [0.3, 0.4) is 0 Å². The van der Waals surface area contributed by atoms with Gasteiger partial charge in [0, 0.05) is 23.2 Å². The van der Waals surface area contributed by atoms with Crippen LogP contribution in [0, 0.1) is 13.8 Å². The molecule has 2 unspecified atom stereocenters. The Kier molecular flexibility index (Phi) is 6.36. The SMILES string of the molecule is CCSC1CCC(NC(=NC)NCc2nc(C)c(C)s2)C1. The second-order valence-corrected chi connectivity index (χ2v) is 8.27. The molecule has 0 aromatic carbocycles. The van der Waals surface area contributed by atoms with Crippen LogP contribution in [0.25, 0.3) is 0 Å². The number of nitrogens with zero attached hydrogens (tertiary/aromatic N) is 2. The number of thioether (sulfide) groups is 1. The van der Waals surface area contributed by atoms with E-state index in [-0.39, 0.29) is 0 Å². The number of guanidine groups is 1. The zero-order valence-electron chi connectivity index (χ0n) is 13.4. The van der Waals surface area contributed by atoms with Gasteiger partial charge >= 0.3 is 0 Å². The van der Waals surface area contributed by atoms with Gasteiger partial charge in [-0.2, -0.15) is 11.8 Å². The average molecular weight is 327 g/mol. The van der Waals surface area contributed by atoms with Crippen molar-refractivity contribution in [1.29, 1.82) is 0 Å². The van der Waals surface area contributed by atoms with Crippen LogP contribution in [0.4, 0.5) is 0 Å². The van der Waals surface area contributed by atoms with Crippen LogP contribution in [0.1, 0.15) is 41.8 Å². The molecule has 6 heteroatoms. The number of hydrogen-bond donors (Lipinski definition) is 2. The number of hydrogen-bond acceptors (Lipinski definition) is 4. The van der Waals surface area contributed by atoms with Gasteiger partial charge in [-0.3, -0.25) is 4.99 Å². The summed E-state index contributed by atoms with van der Waals surface area (Å²) in [6.45, 7) is 7.17. The minimum atomic E-state index is 0.556. The summed E-state index contributed by atoms with van der Waals surface area (Å²) in [5.74, 6) is 2.11. The molecule has 0 spiro atoms. The molecule has 21 heavy (non-hydrogen) atoms. The fourth-order valence-electron chi connectivity index (χ4n) is 2.62. The number of aliphatic imine (C=N–C) groups is 1. The maximum atomic E-state index is 4.55. The Morgan fingerprint density at radius 2 is 2.24 bits per heavy atom. The molecule has 1 fully saturated rings. The molecule has 0 aliphatic heterocycles. The Morgan fingerprint density at radius 3 is 2.86 bits per heavy atom. The smallest absolute Gasteiger partial charge is 0.191 e. The number of nitrogens with one attached hydrogen (secondary N) is 2. The first-order chi connectivity index (χ1) is 10.1. The summed E-state index contributed by atoms with van der Waals surface area (Å²) in [7, 11) is 1.83. The Balaban J connectivity index is 1.79. The lowest BCUT2D eigenvalue weighted by atomic mass is 10.2. The van der Waals surface area contributed by atoms with Crippen LogP contribution in [-0.2, 0) is 6.54 Å². The molecule has 1 aliphatic rings. The van der Waals surface area contributed by atoms with Crippen LogP contribution < -0.4 is 10.6 Å². The lowest BCUT2D eigenvalue weighted by Gasteiger charge is -2.17. The van der Waals surface area contributed by atoms with E-state index < -0.39 is 0 Å². The molecule has 1 heterocycles. The highest BCUT2D eigenvalue weighted by atomic mass is 32.2. The Hall–Kier alpha value is -0.750. The molecule has 0 saturated heterocycles. The summed E-state index contributed by atoms with van der Waals surface area (Å²) in [5, 5.41) is 8.87. The molecule has 0 bridgehead atoms. The van der Waals surface area contributed by atoms with Crippen LogP contribution in [0.5, 0.6) is 0 Å². The molecule has 1 saturated carbocycles. The van der Waals surface area contributed by atoms with E-state index in [1.165, 1.54) is 29.9 Å². The third-order valence-electron chi connectivity index (χ3n) is 3.83. The van der Waals surface area contributed by atoms with Crippen molar-refractivity contribution in [3.63, 3.8) is 0 Å². The van der Waals surface area contributed by atoms with Crippen LogP contribution >= 0.6 is 23.1 Å². The van der Waals surface area contributed by atoms with E-state index in [4.69, 9.17) is 0 Å². The first-order valence-corrected chi connectivity index (χ1v) is 9.50. The lowest BCUT2D eigenvalue weighted by Crippen LogP contribution is -2.42. The van der Waals surface area contributed by atoms with Gasteiger partial charge in [0.15, 0.2) is 5.96 Å². The normalized spacial score (nSPS) is 22.6. The van der Waals surface area contributed by atoms with Crippen molar-refractivity contribution in [3.8, 4) is 0 Å². The molecule has 2 atom stereocenters.